The third-order valence-electron chi connectivity index (χ3n) is 9.93. The van der Waals surface area contributed by atoms with Crippen LogP contribution in [0.1, 0.15) is 40.9 Å². The van der Waals surface area contributed by atoms with Gasteiger partial charge in [-0.1, -0.05) is 23.2 Å². The van der Waals surface area contributed by atoms with E-state index in [1.807, 2.05) is 12.1 Å². The number of carbonyl (C=O) groups excluding carboxylic acids is 1. The highest BCUT2D eigenvalue weighted by atomic mass is 35.5. The first-order valence-electron chi connectivity index (χ1n) is 16.0. The Kier molecular flexibility index (Phi) is 9.24. The molecule has 0 bridgehead atoms. The molecule has 4 N–H and O–H groups in total. The normalized spacial score (nSPS) is 21.1. The quantitative estimate of drug-likeness (QED) is 0.152. The highest BCUT2D eigenvalue weighted by molar-refractivity contribution is 6.34. The Hall–Kier alpha value is -3.85. The van der Waals surface area contributed by atoms with Crippen LogP contribution in [0.25, 0.3) is 22.1 Å². The fourth-order valence-corrected chi connectivity index (χ4v) is 7.86. The average molecular weight is 710 g/mol. The van der Waals surface area contributed by atoms with Crippen LogP contribution in [0.3, 0.4) is 0 Å². The summed E-state index contributed by atoms with van der Waals surface area (Å²) in [4.78, 5) is 35.7. The van der Waals surface area contributed by atoms with Gasteiger partial charge in [-0.2, -0.15) is 0 Å². The van der Waals surface area contributed by atoms with Crippen LogP contribution in [0.4, 0.5) is 17.2 Å². The number of nitrogens with one attached hydrogen (secondary N) is 4. The van der Waals surface area contributed by atoms with Gasteiger partial charge in [0, 0.05) is 58.4 Å². The maximum absolute atomic E-state index is 11.7. The SMILES string of the molecule is COCC1(OC)CCc2[nH]c3ncnc(Cl)c3c2C1.COCC1(OC)CCc2[nH]c3ncnc(Nc4cc5c(cc4Cl)CC(=O)N5)c3c2C1. The van der Waals surface area contributed by atoms with Crippen molar-refractivity contribution in [3.8, 4) is 0 Å². The van der Waals surface area contributed by atoms with Crippen molar-refractivity contribution in [3.05, 3.63) is 63.0 Å². The fourth-order valence-electron chi connectivity index (χ4n) is 7.38. The summed E-state index contributed by atoms with van der Waals surface area (Å²) in [6.45, 7) is 1.09. The van der Waals surface area contributed by atoms with Crippen LogP contribution in [0.2, 0.25) is 10.2 Å². The maximum atomic E-state index is 11.7. The monoisotopic (exact) mass is 708 g/mol. The molecule has 0 radical (unpaired) electrons. The van der Waals surface area contributed by atoms with E-state index in [0.717, 1.165) is 82.2 Å². The van der Waals surface area contributed by atoms with Gasteiger partial charge < -0.3 is 39.5 Å². The zero-order chi connectivity index (χ0) is 34.3. The standard InChI is InChI=1S/C21H22ClN5O3.C13H16ClN3O2/c1-29-9-21(30-2)4-3-14-12(8-21)18-19(26-14)23-10-24-20(18)27-16-7-15-11(5-13(16)22)6-17(28)25-15;1-18-6-13(19-2)4-3-9-8(5-13)10-11(14)15-7-16-12(10)17-9/h5,7,10H,3-4,6,8-9H2,1-2H3,(H,25,28)(H2,23,24,26,27);7H,3-6H2,1-2H3,(H,15,16,17). The number of nitrogens with zero attached hydrogens (tertiary/aromatic N) is 4. The summed E-state index contributed by atoms with van der Waals surface area (Å²) >= 11 is 12.7. The highest BCUT2D eigenvalue weighted by Gasteiger charge is 2.38. The Balaban J connectivity index is 0.000000171. The molecular formula is C34H38Cl2N8O5. The number of H-pyrrole nitrogens is 2. The Bertz CT molecular complexity index is 2050. The number of hydrogen-bond acceptors (Lipinski definition) is 10. The van der Waals surface area contributed by atoms with Crippen molar-refractivity contribution < 1.29 is 23.7 Å². The van der Waals surface area contributed by atoms with Gasteiger partial charge in [-0.05, 0) is 54.5 Å². The molecule has 5 heterocycles. The number of hydrogen-bond donors (Lipinski definition) is 4. The van der Waals surface area contributed by atoms with Crippen molar-refractivity contribution in [1.82, 2.24) is 29.9 Å². The minimum atomic E-state index is -0.376. The van der Waals surface area contributed by atoms with Gasteiger partial charge in [-0.3, -0.25) is 4.79 Å². The van der Waals surface area contributed by atoms with E-state index in [1.54, 1.807) is 28.4 Å². The van der Waals surface area contributed by atoms with Crippen molar-refractivity contribution in [3.63, 3.8) is 0 Å². The van der Waals surface area contributed by atoms with Crippen LogP contribution in [0.15, 0.2) is 24.8 Å². The number of fused-ring (bicyclic) bond motifs is 7. The van der Waals surface area contributed by atoms with Crippen LogP contribution in [-0.4, -0.2) is 88.7 Å². The zero-order valence-electron chi connectivity index (χ0n) is 27.8. The van der Waals surface area contributed by atoms with Gasteiger partial charge >= 0.3 is 0 Å². The molecule has 0 saturated heterocycles. The second-order valence-electron chi connectivity index (χ2n) is 12.8. The molecule has 0 saturated carbocycles. The molecule has 4 aromatic heterocycles. The lowest BCUT2D eigenvalue weighted by Crippen LogP contribution is -2.42. The number of halogens is 2. The molecule has 258 valence electrons. The lowest BCUT2D eigenvalue weighted by atomic mass is 9.83. The van der Waals surface area contributed by atoms with Gasteiger partial charge in [0.15, 0.2) is 0 Å². The summed E-state index contributed by atoms with van der Waals surface area (Å²) in [7, 11) is 6.85. The van der Waals surface area contributed by atoms with E-state index in [4.69, 9.17) is 42.1 Å². The molecule has 0 spiro atoms. The Morgan fingerprint density at radius 1 is 0.816 bits per heavy atom. The summed E-state index contributed by atoms with van der Waals surface area (Å²) < 4.78 is 22.3. The number of methoxy groups -OCH3 is 4. The largest absolute Gasteiger partial charge is 0.382 e. The minimum absolute atomic E-state index is 0.0311. The smallest absolute Gasteiger partial charge is 0.228 e. The van der Waals surface area contributed by atoms with E-state index in [-0.39, 0.29) is 17.1 Å². The van der Waals surface area contributed by atoms with Crippen LogP contribution in [0, 0.1) is 0 Å². The maximum Gasteiger partial charge on any atom is 0.228 e. The Morgan fingerprint density at radius 2 is 1.41 bits per heavy atom. The summed E-state index contributed by atoms with van der Waals surface area (Å²) in [5.41, 5.74) is 7.87. The number of amides is 1. The van der Waals surface area contributed by atoms with E-state index in [1.165, 1.54) is 18.3 Å². The molecule has 0 fully saturated rings. The van der Waals surface area contributed by atoms with Gasteiger partial charge in [0.1, 0.15) is 34.9 Å². The van der Waals surface area contributed by atoms with Gasteiger partial charge in [0.05, 0.1) is 52.3 Å². The molecule has 8 rings (SSSR count). The number of carbonyl (C=O) groups is 1. The molecule has 15 heteroatoms. The van der Waals surface area contributed by atoms with E-state index >= 15 is 0 Å². The number of ether oxygens (including phenoxy) is 4. The summed E-state index contributed by atoms with van der Waals surface area (Å²) in [5.74, 6) is 0.629. The lowest BCUT2D eigenvalue weighted by Gasteiger charge is -2.35. The summed E-state index contributed by atoms with van der Waals surface area (Å²) in [6.07, 6.45) is 8.33. The molecule has 2 atom stereocenters. The molecule has 5 aromatic rings. The first kappa shape index (κ1) is 33.6. The van der Waals surface area contributed by atoms with E-state index < -0.39 is 0 Å². The Labute approximate surface area is 292 Å². The summed E-state index contributed by atoms with van der Waals surface area (Å²) in [6, 6.07) is 3.66. The average Bonchev–Trinajstić information content (AvgIpc) is 3.77. The van der Waals surface area contributed by atoms with Gasteiger partial charge in [0.25, 0.3) is 0 Å². The van der Waals surface area contributed by atoms with E-state index in [2.05, 4.69) is 40.5 Å². The van der Waals surface area contributed by atoms with Gasteiger partial charge in [-0.25, -0.2) is 19.9 Å². The van der Waals surface area contributed by atoms with Crippen LogP contribution in [-0.2, 0) is 55.8 Å². The number of aromatic amines is 2. The molecule has 2 unspecified atom stereocenters. The highest BCUT2D eigenvalue weighted by Crippen LogP contribution is 2.41. The van der Waals surface area contributed by atoms with Crippen LogP contribution in [0.5, 0.6) is 0 Å². The van der Waals surface area contributed by atoms with Crippen molar-refractivity contribution in [2.75, 3.05) is 52.3 Å². The third kappa shape index (κ3) is 6.24. The van der Waals surface area contributed by atoms with Crippen LogP contribution >= 0.6 is 23.2 Å². The van der Waals surface area contributed by atoms with Crippen molar-refractivity contribution >= 4 is 68.4 Å². The molecule has 1 amide bonds. The van der Waals surface area contributed by atoms with E-state index in [0.29, 0.717) is 47.7 Å². The van der Waals surface area contributed by atoms with Crippen molar-refractivity contribution in [2.45, 2.75) is 56.1 Å². The summed E-state index contributed by atoms with van der Waals surface area (Å²) in [5, 5.41) is 9.07. The predicted molar refractivity (Wildman–Crippen MR) is 187 cm³/mol. The molecule has 2 aliphatic carbocycles. The van der Waals surface area contributed by atoms with Gasteiger partial charge in [0.2, 0.25) is 5.91 Å². The van der Waals surface area contributed by atoms with Gasteiger partial charge in [-0.15, -0.1) is 0 Å². The molecule has 49 heavy (non-hydrogen) atoms. The zero-order valence-corrected chi connectivity index (χ0v) is 29.3. The number of aryl methyl sites for hydroxylation is 2. The van der Waals surface area contributed by atoms with Crippen LogP contribution < -0.4 is 10.6 Å². The lowest BCUT2D eigenvalue weighted by molar-refractivity contribution is -0.115. The van der Waals surface area contributed by atoms with Crippen molar-refractivity contribution in [1.29, 1.82) is 0 Å². The van der Waals surface area contributed by atoms with E-state index in [9.17, 15) is 4.79 Å². The number of aromatic nitrogens is 6. The Morgan fingerprint density at radius 3 is 2.02 bits per heavy atom. The second kappa shape index (κ2) is 13.5. The first-order chi connectivity index (χ1) is 23.7. The molecule has 1 aromatic carbocycles. The second-order valence-corrected chi connectivity index (χ2v) is 13.6. The fraction of sp³-hybridized carbons (Fsp3) is 0.441. The number of anilines is 3. The topological polar surface area (TPSA) is 161 Å². The molecule has 1 aliphatic heterocycles. The predicted octanol–water partition coefficient (Wildman–Crippen LogP) is 5.50. The molecule has 3 aliphatic rings. The number of rotatable bonds is 8. The first-order valence-corrected chi connectivity index (χ1v) is 16.8. The number of benzene rings is 1. The molecular weight excluding hydrogens is 671 g/mol. The molecule has 13 nitrogen and oxygen atoms in total. The van der Waals surface area contributed by atoms with Crippen molar-refractivity contribution in [2.24, 2.45) is 0 Å². The third-order valence-corrected chi connectivity index (χ3v) is 10.5. The minimum Gasteiger partial charge on any atom is -0.382 e.